The summed E-state index contributed by atoms with van der Waals surface area (Å²) >= 11 is 0. The van der Waals surface area contributed by atoms with Crippen LogP contribution in [0.25, 0.3) is 0 Å². The predicted octanol–water partition coefficient (Wildman–Crippen LogP) is 7.25. The molecule has 0 spiro atoms. The van der Waals surface area contributed by atoms with Gasteiger partial charge in [-0.1, -0.05) is 60.7 Å². The van der Waals surface area contributed by atoms with Crippen LogP contribution in [0, 0.1) is 27.7 Å². The smallest absolute Gasteiger partial charge is 0.0346 e. The highest BCUT2D eigenvalue weighted by Crippen LogP contribution is 2.21. The second-order valence-corrected chi connectivity index (χ2v) is 10.1. The summed E-state index contributed by atoms with van der Waals surface area (Å²) in [4.78, 5) is 0. The van der Waals surface area contributed by atoms with E-state index in [2.05, 4.69) is 100 Å². The maximum atomic E-state index is 6.04. The molecular formula is C33H38N2. The lowest BCUT2D eigenvalue weighted by Gasteiger charge is -2.11. The standard InChI is InChI=1S/C33H38N2/c1-22-19-32(34)24(3)17-30(22)15-13-26-5-9-28(10-6-26)21-29-11-7-27(8-12-29)14-16-31-18-25(4)33(35)20-23(31)2/h5-12,17-20H,13-16,21,34-35H2,1-4H3. The van der Waals surface area contributed by atoms with Crippen molar-refractivity contribution >= 4 is 11.4 Å². The van der Waals surface area contributed by atoms with Gasteiger partial charge < -0.3 is 11.5 Å². The Morgan fingerprint density at radius 3 is 1.14 bits per heavy atom. The third-order valence-corrected chi connectivity index (χ3v) is 7.27. The first-order chi connectivity index (χ1) is 16.8. The zero-order valence-electron chi connectivity index (χ0n) is 21.6. The van der Waals surface area contributed by atoms with Crippen molar-refractivity contribution in [2.45, 2.75) is 59.8 Å². The minimum atomic E-state index is 0.885. The summed E-state index contributed by atoms with van der Waals surface area (Å²) < 4.78 is 0. The fourth-order valence-corrected chi connectivity index (χ4v) is 4.78. The molecule has 180 valence electrons. The summed E-state index contributed by atoms with van der Waals surface area (Å²) in [5.74, 6) is 0. The Morgan fingerprint density at radius 2 is 0.771 bits per heavy atom. The summed E-state index contributed by atoms with van der Waals surface area (Å²) in [6.07, 6.45) is 5.15. The number of benzene rings is 4. The number of nitrogen functional groups attached to an aromatic ring is 2. The highest BCUT2D eigenvalue weighted by Gasteiger charge is 2.06. The van der Waals surface area contributed by atoms with Gasteiger partial charge in [0.1, 0.15) is 0 Å². The van der Waals surface area contributed by atoms with E-state index in [1.54, 1.807) is 0 Å². The summed E-state index contributed by atoms with van der Waals surface area (Å²) in [5, 5.41) is 0. The van der Waals surface area contributed by atoms with Crippen LogP contribution in [0.2, 0.25) is 0 Å². The summed E-state index contributed by atoms with van der Waals surface area (Å²) in [6, 6.07) is 26.9. The third-order valence-electron chi connectivity index (χ3n) is 7.27. The quantitative estimate of drug-likeness (QED) is 0.271. The van der Waals surface area contributed by atoms with Gasteiger partial charge in [0.05, 0.1) is 0 Å². The van der Waals surface area contributed by atoms with Crippen molar-refractivity contribution in [1.82, 2.24) is 0 Å². The van der Waals surface area contributed by atoms with Crippen molar-refractivity contribution < 1.29 is 0 Å². The van der Waals surface area contributed by atoms with Crippen LogP contribution in [0.3, 0.4) is 0 Å². The summed E-state index contributed by atoms with van der Waals surface area (Å²) in [6.45, 7) is 8.47. The van der Waals surface area contributed by atoms with Crippen molar-refractivity contribution in [1.29, 1.82) is 0 Å². The molecule has 0 atom stereocenters. The molecule has 4 aromatic rings. The van der Waals surface area contributed by atoms with E-state index >= 15 is 0 Å². The molecule has 0 amide bonds. The van der Waals surface area contributed by atoms with Crippen LogP contribution in [-0.4, -0.2) is 0 Å². The molecule has 2 heteroatoms. The van der Waals surface area contributed by atoms with Crippen LogP contribution in [0.1, 0.15) is 55.6 Å². The molecule has 0 heterocycles. The molecule has 0 aliphatic carbocycles. The second kappa shape index (κ2) is 10.8. The molecule has 4 rings (SSSR count). The first-order valence-corrected chi connectivity index (χ1v) is 12.7. The molecule has 0 aromatic heterocycles. The third kappa shape index (κ3) is 6.33. The maximum Gasteiger partial charge on any atom is 0.0346 e. The van der Waals surface area contributed by atoms with E-state index in [0.717, 1.165) is 43.5 Å². The van der Waals surface area contributed by atoms with Crippen LogP contribution in [0.5, 0.6) is 0 Å². The van der Waals surface area contributed by atoms with Gasteiger partial charge in [0.15, 0.2) is 0 Å². The largest absolute Gasteiger partial charge is 0.399 e. The lowest BCUT2D eigenvalue weighted by Crippen LogP contribution is -1.99. The Balaban J connectivity index is 1.31. The average Bonchev–Trinajstić information content (AvgIpc) is 2.84. The van der Waals surface area contributed by atoms with E-state index in [-0.39, 0.29) is 0 Å². The van der Waals surface area contributed by atoms with Gasteiger partial charge in [-0.3, -0.25) is 0 Å². The van der Waals surface area contributed by atoms with Crippen molar-refractivity contribution in [3.8, 4) is 0 Å². The van der Waals surface area contributed by atoms with Crippen molar-refractivity contribution in [3.63, 3.8) is 0 Å². The zero-order chi connectivity index (χ0) is 24.9. The van der Waals surface area contributed by atoms with E-state index in [0.29, 0.717) is 0 Å². The SMILES string of the molecule is Cc1cc(CCc2ccc(Cc3ccc(CCc4cc(C)c(N)cc4C)cc3)cc2)c(C)cc1N. The minimum absolute atomic E-state index is 0.885. The van der Waals surface area contributed by atoms with Gasteiger partial charge >= 0.3 is 0 Å². The highest BCUT2D eigenvalue weighted by molar-refractivity contribution is 5.52. The molecule has 4 N–H and O–H groups in total. The number of rotatable bonds is 8. The lowest BCUT2D eigenvalue weighted by molar-refractivity contribution is 0.943. The molecule has 0 saturated heterocycles. The van der Waals surface area contributed by atoms with Gasteiger partial charge in [0, 0.05) is 11.4 Å². The molecule has 2 nitrogen and oxygen atoms in total. The molecule has 0 saturated carbocycles. The van der Waals surface area contributed by atoms with E-state index in [9.17, 15) is 0 Å². The number of aryl methyl sites for hydroxylation is 8. The molecule has 0 radical (unpaired) electrons. The van der Waals surface area contributed by atoms with E-state index in [1.807, 2.05) is 0 Å². The first-order valence-electron chi connectivity index (χ1n) is 12.7. The minimum Gasteiger partial charge on any atom is -0.399 e. The Labute approximate surface area is 211 Å². The first kappa shape index (κ1) is 24.6. The lowest BCUT2D eigenvalue weighted by atomic mass is 9.96. The van der Waals surface area contributed by atoms with E-state index < -0.39 is 0 Å². The number of hydrogen-bond acceptors (Lipinski definition) is 2. The Kier molecular flexibility index (Phi) is 7.60. The molecule has 0 fully saturated rings. The Bertz CT molecular complexity index is 1200. The van der Waals surface area contributed by atoms with Gasteiger partial charge in [0.2, 0.25) is 0 Å². The molecule has 4 aromatic carbocycles. The Morgan fingerprint density at radius 1 is 0.429 bits per heavy atom. The van der Waals surface area contributed by atoms with Crippen molar-refractivity contribution in [2.24, 2.45) is 0 Å². The topological polar surface area (TPSA) is 52.0 Å². The van der Waals surface area contributed by atoms with Crippen LogP contribution in [-0.2, 0) is 32.1 Å². The van der Waals surface area contributed by atoms with Crippen LogP contribution >= 0.6 is 0 Å². The highest BCUT2D eigenvalue weighted by atomic mass is 14.6. The van der Waals surface area contributed by atoms with Gasteiger partial charge in [-0.25, -0.2) is 0 Å². The van der Waals surface area contributed by atoms with Gasteiger partial charge in [-0.2, -0.15) is 0 Å². The molecule has 35 heavy (non-hydrogen) atoms. The molecule has 0 aliphatic rings. The van der Waals surface area contributed by atoms with Crippen LogP contribution in [0.4, 0.5) is 11.4 Å². The number of hydrogen-bond donors (Lipinski definition) is 2. The Hall–Kier alpha value is -3.52. The average molecular weight is 463 g/mol. The molecular weight excluding hydrogens is 424 g/mol. The van der Waals surface area contributed by atoms with E-state index in [4.69, 9.17) is 11.5 Å². The maximum absolute atomic E-state index is 6.04. The van der Waals surface area contributed by atoms with Crippen LogP contribution < -0.4 is 11.5 Å². The van der Waals surface area contributed by atoms with Crippen molar-refractivity contribution in [3.05, 3.63) is 128 Å². The number of anilines is 2. The fraction of sp³-hybridized carbons (Fsp3) is 0.273. The predicted molar refractivity (Wildman–Crippen MR) is 151 cm³/mol. The molecule has 0 bridgehead atoms. The molecule has 0 unspecified atom stereocenters. The van der Waals surface area contributed by atoms with E-state index in [1.165, 1.54) is 55.6 Å². The monoisotopic (exact) mass is 462 g/mol. The number of nitrogens with two attached hydrogens (primary N) is 2. The van der Waals surface area contributed by atoms with Crippen molar-refractivity contribution in [2.75, 3.05) is 11.5 Å². The molecule has 0 aliphatic heterocycles. The summed E-state index contributed by atoms with van der Waals surface area (Å²) in [5.41, 5.74) is 27.0. The normalized spacial score (nSPS) is 11.1. The van der Waals surface area contributed by atoms with Gasteiger partial charge in [-0.15, -0.1) is 0 Å². The van der Waals surface area contributed by atoms with Gasteiger partial charge in [-0.05, 0) is 128 Å². The second-order valence-electron chi connectivity index (χ2n) is 10.1. The summed E-state index contributed by atoms with van der Waals surface area (Å²) in [7, 11) is 0. The fourth-order valence-electron chi connectivity index (χ4n) is 4.78. The zero-order valence-corrected chi connectivity index (χ0v) is 21.6. The van der Waals surface area contributed by atoms with Crippen LogP contribution in [0.15, 0.2) is 72.8 Å². The van der Waals surface area contributed by atoms with Gasteiger partial charge in [0.25, 0.3) is 0 Å².